The van der Waals surface area contributed by atoms with Gasteiger partial charge in [0.05, 0.1) is 12.7 Å². The van der Waals surface area contributed by atoms with Crippen molar-refractivity contribution in [2.75, 3.05) is 6.61 Å². The van der Waals surface area contributed by atoms with Crippen LogP contribution in [-0.4, -0.2) is 24.0 Å². The topological polar surface area (TPSA) is 29.5 Å². The van der Waals surface area contributed by atoms with Crippen molar-refractivity contribution in [2.24, 2.45) is 0 Å². The summed E-state index contributed by atoms with van der Waals surface area (Å²) in [5, 5.41) is 9.20. The van der Waals surface area contributed by atoms with Gasteiger partial charge in [0.2, 0.25) is 0 Å². The average Bonchev–Trinajstić information content (AvgIpc) is 2.72. The van der Waals surface area contributed by atoms with Crippen molar-refractivity contribution in [3.05, 3.63) is 33.8 Å². The minimum Gasteiger partial charge on any atom is -0.394 e. The molecule has 0 aliphatic carbocycles. The maximum absolute atomic E-state index is 13.4. The third kappa shape index (κ3) is 2.70. The summed E-state index contributed by atoms with van der Waals surface area (Å²) in [6, 6.07) is 3.75. The SMILES string of the molecule is OCC1CCC(c2cc(Cl)cc(Cl)c2)(C(F)(F)F)O1. The second kappa shape index (κ2) is 5.13. The quantitative estimate of drug-likeness (QED) is 0.896. The lowest BCUT2D eigenvalue weighted by molar-refractivity contribution is -0.279. The van der Waals surface area contributed by atoms with Crippen molar-refractivity contribution in [3.63, 3.8) is 0 Å². The zero-order valence-electron chi connectivity index (χ0n) is 9.68. The maximum Gasteiger partial charge on any atom is 0.421 e. The van der Waals surface area contributed by atoms with Gasteiger partial charge in [-0.25, -0.2) is 0 Å². The van der Waals surface area contributed by atoms with E-state index in [0.717, 1.165) is 0 Å². The molecule has 1 aliphatic rings. The highest BCUT2D eigenvalue weighted by molar-refractivity contribution is 6.34. The third-order valence-corrected chi connectivity index (χ3v) is 3.61. The van der Waals surface area contributed by atoms with E-state index in [1.807, 2.05) is 0 Å². The van der Waals surface area contributed by atoms with Crippen molar-refractivity contribution in [1.82, 2.24) is 0 Å². The fraction of sp³-hybridized carbons (Fsp3) is 0.500. The number of hydrogen-bond donors (Lipinski definition) is 1. The maximum atomic E-state index is 13.4. The first-order valence-corrected chi connectivity index (χ1v) is 6.36. The van der Waals surface area contributed by atoms with Crippen molar-refractivity contribution in [3.8, 4) is 0 Å². The van der Waals surface area contributed by atoms with Crippen LogP contribution in [0.5, 0.6) is 0 Å². The van der Waals surface area contributed by atoms with Crippen LogP contribution in [0.1, 0.15) is 18.4 Å². The second-order valence-electron chi connectivity index (χ2n) is 4.44. The molecule has 1 fully saturated rings. The van der Waals surface area contributed by atoms with E-state index in [0.29, 0.717) is 0 Å². The molecular formula is C12H11Cl2F3O2. The molecular weight excluding hydrogens is 304 g/mol. The number of ether oxygens (including phenoxy) is 1. The first-order valence-electron chi connectivity index (χ1n) is 5.60. The zero-order valence-corrected chi connectivity index (χ0v) is 11.2. The molecule has 0 spiro atoms. The van der Waals surface area contributed by atoms with E-state index >= 15 is 0 Å². The molecule has 1 aromatic carbocycles. The summed E-state index contributed by atoms with van der Waals surface area (Å²) < 4.78 is 45.2. The highest BCUT2D eigenvalue weighted by atomic mass is 35.5. The molecule has 0 aromatic heterocycles. The summed E-state index contributed by atoms with van der Waals surface area (Å²) in [6.45, 7) is -0.452. The lowest BCUT2D eigenvalue weighted by Crippen LogP contribution is -2.42. The smallest absolute Gasteiger partial charge is 0.394 e. The lowest BCUT2D eigenvalue weighted by atomic mass is 9.90. The largest absolute Gasteiger partial charge is 0.421 e. The Bertz CT molecular complexity index is 458. The van der Waals surface area contributed by atoms with E-state index in [2.05, 4.69) is 0 Å². The Labute approximate surface area is 118 Å². The molecule has 1 heterocycles. The molecule has 2 nitrogen and oxygen atoms in total. The number of rotatable bonds is 2. The Morgan fingerprint density at radius 2 is 1.84 bits per heavy atom. The molecule has 0 bridgehead atoms. The van der Waals surface area contributed by atoms with Crippen LogP contribution in [-0.2, 0) is 10.3 Å². The Morgan fingerprint density at radius 3 is 2.26 bits per heavy atom. The number of aliphatic hydroxyl groups excluding tert-OH is 1. The van der Waals surface area contributed by atoms with Gasteiger partial charge in [0.25, 0.3) is 0 Å². The normalized spacial score (nSPS) is 27.8. The van der Waals surface area contributed by atoms with Gasteiger partial charge >= 0.3 is 6.18 Å². The molecule has 1 aromatic rings. The van der Waals surface area contributed by atoms with Gasteiger partial charge in [-0.2, -0.15) is 13.2 Å². The molecule has 19 heavy (non-hydrogen) atoms. The lowest BCUT2D eigenvalue weighted by Gasteiger charge is -2.32. The van der Waals surface area contributed by atoms with Crippen molar-refractivity contribution < 1.29 is 23.0 Å². The minimum atomic E-state index is -4.61. The summed E-state index contributed by atoms with van der Waals surface area (Å²) in [5.41, 5.74) is -2.58. The second-order valence-corrected chi connectivity index (χ2v) is 5.32. The summed E-state index contributed by atoms with van der Waals surface area (Å²) in [4.78, 5) is 0. The summed E-state index contributed by atoms with van der Waals surface area (Å²) in [7, 11) is 0. The minimum absolute atomic E-state index is 0.113. The van der Waals surface area contributed by atoms with E-state index in [9.17, 15) is 13.2 Å². The number of halogens is 5. The average molecular weight is 315 g/mol. The van der Waals surface area contributed by atoms with Gasteiger partial charge in [-0.05, 0) is 36.6 Å². The molecule has 0 amide bonds. The monoisotopic (exact) mass is 314 g/mol. The molecule has 1 N–H and O–H groups in total. The van der Waals surface area contributed by atoms with Crippen LogP contribution in [0.4, 0.5) is 13.2 Å². The predicted molar refractivity (Wildman–Crippen MR) is 65.4 cm³/mol. The molecule has 2 unspecified atom stereocenters. The molecule has 2 atom stereocenters. The number of hydrogen-bond acceptors (Lipinski definition) is 2. The molecule has 1 saturated heterocycles. The Kier molecular flexibility index (Phi) is 4.02. The highest BCUT2D eigenvalue weighted by Gasteiger charge is 2.60. The van der Waals surface area contributed by atoms with E-state index in [4.69, 9.17) is 33.0 Å². The van der Waals surface area contributed by atoms with Gasteiger partial charge < -0.3 is 9.84 Å². The van der Waals surface area contributed by atoms with Crippen molar-refractivity contribution >= 4 is 23.2 Å². The predicted octanol–water partition coefficient (Wildman–Crippen LogP) is 3.92. The molecule has 0 saturated carbocycles. The molecule has 1 aliphatic heterocycles. The van der Waals surface area contributed by atoms with Crippen LogP contribution in [0.25, 0.3) is 0 Å². The zero-order chi connectivity index (χ0) is 14.3. The fourth-order valence-electron chi connectivity index (χ4n) is 2.27. The van der Waals surface area contributed by atoms with Crippen LogP contribution < -0.4 is 0 Å². The molecule has 106 valence electrons. The van der Waals surface area contributed by atoms with Crippen LogP contribution in [0.15, 0.2) is 18.2 Å². The van der Waals surface area contributed by atoms with Crippen LogP contribution in [0.3, 0.4) is 0 Å². The van der Waals surface area contributed by atoms with E-state index in [1.54, 1.807) is 0 Å². The standard InChI is InChI=1S/C12H11Cl2F3O2/c13-8-3-7(4-9(14)5-8)11(12(15,16)17)2-1-10(6-18)19-11/h3-5,10,18H,1-2,6H2. The van der Waals surface area contributed by atoms with Crippen LogP contribution in [0, 0.1) is 0 Å². The fourth-order valence-corrected chi connectivity index (χ4v) is 2.79. The van der Waals surface area contributed by atoms with Gasteiger partial charge in [0.15, 0.2) is 5.60 Å². The van der Waals surface area contributed by atoms with Gasteiger partial charge in [-0.15, -0.1) is 0 Å². The number of alkyl halides is 3. The van der Waals surface area contributed by atoms with Crippen molar-refractivity contribution in [1.29, 1.82) is 0 Å². The van der Waals surface area contributed by atoms with Gasteiger partial charge in [-0.3, -0.25) is 0 Å². The van der Waals surface area contributed by atoms with E-state index < -0.39 is 24.5 Å². The number of benzene rings is 1. The van der Waals surface area contributed by atoms with Crippen LogP contribution >= 0.6 is 23.2 Å². The van der Waals surface area contributed by atoms with E-state index in [1.165, 1.54) is 18.2 Å². The van der Waals surface area contributed by atoms with Gasteiger partial charge in [0, 0.05) is 10.0 Å². The van der Waals surface area contributed by atoms with Gasteiger partial charge in [0.1, 0.15) is 0 Å². The van der Waals surface area contributed by atoms with Crippen LogP contribution in [0.2, 0.25) is 10.0 Å². The Balaban J connectivity index is 2.50. The third-order valence-electron chi connectivity index (χ3n) is 3.18. The molecule has 7 heteroatoms. The van der Waals surface area contributed by atoms with Gasteiger partial charge in [-0.1, -0.05) is 23.2 Å². The molecule has 0 radical (unpaired) electrons. The first-order chi connectivity index (χ1) is 8.78. The number of aliphatic hydroxyl groups is 1. The Hall–Kier alpha value is -0.490. The van der Waals surface area contributed by atoms with Crippen molar-refractivity contribution in [2.45, 2.75) is 30.7 Å². The summed E-state index contributed by atoms with van der Waals surface area (Å²) in [6.07, 6.45) is -5.58. The van der Waals surface area contributed by atoms with E-state index in [-0.39, 0.29) is 28.5 Å². The summed E-state index contributed by atoms with van der Waals surface area (Å²) in [5.74, 6) is 0. The molecule has 2 rings (SSSR count). The Morgan fingerprint density at radius 1 is 1.26 bits per heavy atom. The highest BCUT2D eigenvalue weighted by Crippen LogP contribution is 2.51. The first kappa shape index (κ1) is 14.9. The summed E-state index contributed by atoms with van der Waals surface area (Å²) >= 11 is 11.5.